The van der Waals surface area contributed by atoms with Crippen LogP contribution in [0.15, 0.2) is 24.3 Å². The molecule has 1 rings (SSSR count). The largest absolute Gasteiger partial charge is 0.477 e. The molecule has 2 nitrogen and oxygen atoms in total. The van der Waals surface area contributed by atoms with Gasteiger partial charge < -0.3 is 5.11 Å². The minimum Gasteiger partial charge on any atom is -0.477 e. The molecule has 0 amide bonds. The molecule has 0 radical (unpaired) electrons. The highest BCUT2D eigenvalue weighted by atomic mass is 19.3. The molecule has 1 N–H and O–H groups in total. The Morgan fingerprint density at radius 2 is 2.14 bits per heavy atom. The Balaban J connectivity index is 3.21. The van der Waals surface area contributed by atoms with Gasteiger partial charge in [0.2, 0.25) is 0 Å². The average molecular weight is 196 g/mol. The molecule has 72 valence electrons. The first-order valence-corrected chi connectivity index (χ1v) is 3.67. The minimum absolute atomic E-state index is 0.225. The highest BCUT2D eigenvalue weighted by Crippen LogP contribution is 2.28. The van der Waals surface area contributed by atoms with E-state index in [2.05, 4.69) is 5.92 Å². The molecule has 0 aromatic heterocycles. The Labute approximate surface area is 79.2 Å². The lowest BCUT2D eigenvalue weighted by atomic mass is 10.1. The van der Waals surface area contributed by atoms with Gasteiger partial charge in [0.1, 0.15) is 0 Å². The molecule has 0 saturated heterocycles. The summed E-state index contributed by atoms with van der Waals surface area (Å²) in [5.74, 6) is -3.93. The maximum atomic E-state index is 12.9. The number of alkyl halides is 2. The Hall–Kier alpha value is -1.89. The summed E-state index contributed by atoms with van der Waals surface area (Å²) in [5.41, 5.74) is -0.385. The minimum atomic E-state index is -3.90. The number of halogens is 2. The lowest BCUT2D eigenvalue weighted by Crippen LogP contribution is -2.25. The van der Waals surface area contributed by atoms with Crippen molar-refractivity contribution in [3.05, 3.63) is 35.4 Å². The van der Waals surface area contributed by atoms with E-state index < -0.39 is 17.5 Å². The summed E-state index contributed by atoms with van der Waals surface area (Å²) in [6.45, 7) is 0. The summed E-state index contributed by atoms with van der Waals surface area (Å²) in [6.07, 6.45) is 5.00. The fourth-order valence-electron chi connectivity index (χ4n) is 0.928. The van der Waals surface area contributed by atoms with Crippen LogP contribution in [-0.2, 0) is 10.7 Å². The van der Waals surface area contributed by atoms with E-state index in [0.717, 1.165) is 12.1 Å². The van der Waals surface area contributed by atoms with Crippen LogP contribution in [-0.4, -0.2) is 11.1 Å². The van der Waals surface area contributed by atoms with Crippen molar-refractivity contribution in [3.63, 3.8) is 0 Å². The first-order chi connectivity index (χ1) is 6.48. The fourth-order valence-corrected chi connectivity index (χ4v) is 0.928. The van der Waals surface area contributed by atoms with Crippen LogP contribution in [0.1, 0.15) is 11.1 Å². The van der Waals surface area contributed by atoms with Crippen LogP contribution in [0.4, 0.5) is 8.78 Å². The zero-order valence-electron chi connectivity index (χ0n) is 7.00. The summed E-state index contributed by atoms with van der Waals surface area (Å²) in [7, 11) is 0. The number of carbonyl (C=O) groups is 1. The first-order valence-electron chi connectivity index (χ1n) is 3.67. The number of hydrogen-bond acceptors (Lipinski definition) is 1. The van der Waals surface area contributed by atoms with Crippen molar-refractivity contribution in [2.45, 2.75) is 5.92 Å². The second-order valence-electron chi connectivity index (χ2n) is 2.60. The van der Waals surface area contributed by atoms with Crippen molar-refractivity contribution in [1.82, 2.24) is 0 Å². The van der Waals surface area contributed by atoms with Gasteiger partial charge in [-0.1, -0.05) is 18.1 Å². The van der Waals surface area contributed by atoms with Crippen LogP contribution in [0, 0.1) is 12.3 Å². The average Bonchev–Trinajstić information content (AvgIpc) is 2.17. The maximum Gasteiger partial charge on any atom is 0.379 e. The highest BCUT2D eigenvalue weighted by molar-refractivity contribution is 5.77. The second-order valence-corrected chi connectivity index (χ2v) is 2.60. The molecule has 1 aromatic carbocycles. The molecular weight excluding hydrogens is 190 g/mol. The molecule has 4 heteroatoms. The maximum absolute atomic E-state index is 12.9. The summed E-state index contributed by atoms with van der Waals surface area (Å²) >= 11 is 0. The van der Waals surface area contributed by atoms with Crippen molar-refractivity contribution in [3.8, 4) is 12.3 Å². The third-order valence-electron chi connectivity index (χ3n) is 1.66. The lowest BCUT2D eigenvalue weighted by Gasteiger charge is -2.11. The monoisotopic (exact) mass is 196 g/mol. The van der Waals surface area contributed by atoms with Crippen LogP contribution in [0.5, 0.6) is 0 Å². The molecule has 0 fully saturated rings. The Morgan fingerprint density at radius 1 is 1.50 bits per heavy atom. The van der Waals surface area contributed by atoms with Gasteiger partial charge in [-0.2, -0.15) is 8.78 Å². The molecule has 0 saturated carbocycles. The molecule has 0 bridgehead atoms. The number of benzene rings is 1. The molecule has 0 unspecified atom stereocenters. The third-order valence-corrected chi connectivity index (χ3v) is 1.66. The molecule has 0 aliphatic rings. The van der Waals surface area contributed by atoms with Gasteiger partial charge in [-0.15, -0.1) is 6.42 Å². The van der Waals surface area contributed by atoms with Crippen molar-refractivity contribution >= 4 is 5.97 Å². The molecule has 0 heterocycles. The van der Waals surface area contributed by atoms with Gasteiger partial charge in [0.15, 0.2) is 0 Å². The molecule has 0 aliphatic heterocycles. The molecule has 1 aromatic rings. The van der Waals surface area contributed by atoms with Crippen LogP contribution >= 0.6 is 0 Å². The number of rotatable bonds is 2. The molecule has 0 aliphatic carbocycles. The molecule has 14 heavy (non-hydrogen) atoms. The predicted octanol–water partition coefficient (Wildman–Crippen LogP) is 1.84. The van der Waals surface area contributed by atoms with Gasteiger partial charge in [-0.3, -0.25) is 0 Å². The molecular formula is C10H6F2O2. The van der Waals surface area contributed by atoms with E-state index in [1.165, 1.54) is 12.1 Å². The van der Waals surface area contributed by atoms with Gasteiger partial charge in [0.05, 0.1) is 0 Å². The van der Waals surface area contributed by atoms with Gasteiger partial charge in [0, 0.05) is 11.1 Å². The summed E-state index contributed by atoms with van der Waals surface area (Å²) < 4.78 is 25.9. The normalized spacial score (nSPS) is 10.6. The van der Waals surface area contributed by atoms with Crippen LogP contribution in [0.25, 0.3) is 0 Å². The number of hydrogen-bond donors (Lipinski definition) is 1. The van der Waals surface area contributed by atoms with Gasteiger partial charge in [-0.05, 0) is 12.1 Å². The van der Waals surface area contributed by atoms with Gasteiger partial charge >= 0.3 is 11.9 Å². The van der Waals surface area contributed by atoms with Crippen LogP contribution in [0.2, 0.25) is 0 Å². The quantitative estimate of drug-likeness (QED) is 0.733. The Bertz CT molecular complexity index is 405. The van der Waals surface area contributed by atoms with E-state index >= 15 is 0 Å². The van der Waals surface area contributed by atoms with E-state index in [1.807, 2.05) is 0 Å². The van der Waals surface area contributed by atoms with Crippen molar-refractivity contribution in [2.75, 3.05) is 0 Å². The number of aliphatic carboxylic acids is 1. The molecule has 0 atom stereocenters. The standard InChI is InChI=1S/C10H6F2O2/c1-2-7-4-3-5-8(6-7)10(11,12)9(13)14/h1,3-6H,(H,13,14). The third kappa shape index (κ3) is 1.72. The predicted molar refractivity (Wildman–Crippen MR) is 45.9 cm³/mol. The van der Waals surface area contributed by atoms with Crippen molar-refractivity contribution in [2.24, 2.45) is 0 Å². The fraction of sp³-hybridized carbons (Fsp3) is 0.100. The smallest absolute Gasteiger partial charge is 0.379 e. The summed E-state index contributed by atoms with van der Waals surface area (Å²) in [6, 6.07) is 4.74. The lowest BCUT2D eigenvalue weighted by molar-refractivity contribution is -0.166. The highest BCUT2D eigenvalue weighted by Gasteiger charge is 2.40. The summed E-state index contributed by atoms with van der Waals surface area (Å²) in [4.78, 5) is 10.2. The number of carboxylic acid groups (broad SMARTS) is 1. The number of carboxylic acids is 1. The van der Waals surface area contributed by atoms with E-state index in [-0.39, 0.29) is 5.56 Å². The zero-order valence-corrected chi connectivity index (χ0v) is 7.00. The van der Waals surface area contributed by atoms with E-state index in [4.69, 9.17) is 11.5 Å². The second kappa shape index (κ2) is 3.46. The first kappa shape index (κ1) is 10.2. The zero-order chi connectivity index (χ0) is 10.8. The van der Waals surface area contributed by atoms with Gasteiger partial charge in [0.25, 0.3) is 0 Å². The van der Waals surface area contributed by atoms with E-state index in [9.17, 15) is 13.6 Å². The van der Waals surface area contributed by atoms with Crippen LogP contribution < -0.4 is 0 Å². The van der Waals surface area contributed by atoms with Crippen molar-refractivity contribution < 1.29 is 18.7 Å². The van der Waals surface area contributed by atoms with E-state index in [0.29, 0.717) is 0 Å². The SMILES string of the molecule is C#Cc1cccc(C(F)(F)C(=O)O)c1. The van der Waals surface area contributed by atoms with E-state index in [1.54, 1.807) is 0 Å². The summed E-state index contributed by atoms with van der Waals surface area (Å²) in [5, 5.41) is 8.26. The van der Waals surface area contributed by atoms with Gasteiger partial charge in [-0.25, -0.2) is 4.79 Å². The van der Waals surface area contributed by atoms with Crippen LogP contribution in [0.3, 0.4) is 0 Å². The topological polar surface area (TPSA) is 37.3 Å². The van der Waals surface area contributed by atoms with Crippen molar-refractivity contribution in [1.29, 1.82) is 0 Å². The Morgan fingerprint density at radius 3 is 2.64 bits per heavy atom. The molecule has 0 spiro atoms. The Kier molecular flexibility index (Phi) is 2.52. The number of terminal acetylenes is 1.